The zero-order valence-corrected chi connectivity index (χ0v) is 26.2. The van der Waals surface area contributed by atoms with Gasteiger partial charge in [0.2, 0.25) is 0 Å². The molecular weight excluding hydrogens is 560 g/mol. The van der Waals surface area contributed by atoms with Gasteiger partial charge in [0.05, 0.1) is 50.6 Å². The molecule has 0 amide bonds. The molecule has 0 saturated carbocycles. The number of benzene rings is 6. The van der Waals surface area contributed by atoms with Crippen LogP contribution in [0.2, 0.25) is 0 Å². The van der Waals surface area contributed by atoms with E-state index in [0.717, 1.165) is 55.3 Å². The van der Waals surface area contributed by atoms with E-state index >= 15 is 0 Å². The molecule has 0 aliphatic heterocycles. The van der Waals surface area contributed by atoms with E-state index < -0.39 is 0 Å². The average molecular weight is 591 g/mol. The maximum absolute atomic E-state index is 10.7. The highest BCUT2D eigenvalue weighted by molar-refractivity contribution is 6.11. The minimum Gasteiger partial charge on any atom is -0.309 e. The number of rotatable bonds is 3. The van der Waals surface area contributed by atoms with Crippen molar-refractivity contribution in [3.05, 3.63) is 143 Å². The molecule has 0 atom stereocenters. The van der Waals surface area contributed by atoms with Crippen molar-refractivity contribution in [3.63, 3.8) is 0 Å². The number of hydrogen-bond donors (Lipinski definition) is 0. The first kappa shape index (κ1) is 27.4. The second-order valence-corrected chi connectivity index (χ2v) is 12.4. The molecule has 8 aromatic rings. The van der Waals surface area contributed by atoms with E-state index in [4.69, 9.17) is 0 Å². The number of nitrogens with zero attached hydrogens (tertiary/aromatic N) is 4. The maximum atomic E-state index is 10.7. The highest BCUT2D eigenvalue weighted by Gasteiger charge is 2.22. The molecule has 2 heterocycles. The third-order valence-corrected chi connectivity index (χ3v) is 9.17. The van der Waals surface area contributed by atoms with Crippen molar-refractivity contribution in [1.29, 1.82) is 10.5 Å². The number of nitriles is 2. The van der Waals surface area contributed by atoms with Crippen LogP contribution in [0.25, 0.3) is 66.1 Å². The van der Waals surface area contributed by atoms with Gasteiger partial charge in [0.1, 0.15) is 6.07 Å². The number of aromatic nitrogens is 2. The molecule has 0 bridgehead atoms. The summed E-state index contributed by atoms with van der Waals surface area (Å²) < 4.78 is 4.56. The van der Waals surface area contributed by atoms with Crippen molar-refractivity contribution in [2.24, 2.45) is 0 Å². The normalized spacial score (nSPS) is 11.4. The van der Waals surface area contributed by atoms with Crippen molar-refractivity contribution >= 4 is 43.6 Å². The van der Waals surface area contributed by atoms with E-state index in [1.807, 2.05) is 30.3 Å². The van der Waals surface area contributed by atoms with Crippen LogP contribution in [0, 0.1) is 50.4 Å². The fourth-order valence-electron chi connectivity index (χ4n) is 7.05. The van der Waals surface area contributed by atoms with Gasteiger partial charge in [-0.1, -0.05) is 58.7 Å². The predicted octanol–water partition coefficient (Wildman–Crippen LogP) is 10.5. The third-order valence-electron chi connectivity index (χ3n) is 9.17. The molecule has 0 fully saturated rings. The fraction of sp³-hybridized carbons (Fsp3) is 0.0952. The van der Waals surface area contributed by atoms with E-state index in [9.17, 15) is 10.5 Å². The molecule has 6 aromatic carbocycles. The van der Waals surface area contributed by atoms with Crippen molar-refractivity contribution in [3.8, 4) is 34.6 Å². The van der Waals surface area contributed by atoms with Crippen molar-refractivity contribution in [2.45, 2.75) is 27.7 Å². The summed E-state index contributed by atoms with van der Waals surface area (Å²) in [6, 6.07) is 43.0. The summed E-state index contributed by atoms with van der Waals surface area (Å²) in [7, 11) is 0. The Labute approximate surface area is 267 Å². The molecule has 0 aliphatic carbocycles. The van der Waals surface area contributed by atoms with Crippen molar-refractivity contribution in [1.82, 2.24) is 9.13 Å². The van der Waals surface area contributed by atoms with Gasteiger partial charge in [0.15, 0.2) is 0 Å². The summed E-state index contributed by atoms with van der Waals surface area (Å²) in [6.07, 6.45) is 0. The van der Waals surface area contributed by atoms with Crippen LogP contribution in [-0.2, 0) is 0 Å². The lowest BCUT2D eigenvalue weighted by Crippen LogP contribution is -2.04. The second kappa shape index (κ2) is 10.2. The molecule has 0 spiro atoms. The van der Waals surface area contributed by atoms with Gasteiger partial charge in [-0.2, -0.15) is 10.5 Å². The first-order valence-corrected chi connectivity index (χ1v) is 15.5. The molecular formula is C42H30N4. The third kappa shape index (κ3) is 4.12. The van der Waals surface area contributed by atoms with Gasteiger partial charge in [-0.05, 0) is 106 Å². The summed E-state index contributed by atoms with van der Waals surface area (Å²) in [5, 5.41) is 25.2. The Morgan fingerprint density at radius 3 is 1.35 bits per heavy atom. The van der Waals surface area contributed by atoms with Crippen LogP contribution in [0.4, 0.5) is 0 Å². The lowest BCUT2D eigenvalue weighted by molar-refractivity contribution is 1.13. The van der Waals surface area contributed by atoms with Crippen molar-refractivity contribution < 1.29 is 0 Å². The van der Waals surface area contributed by atoms with E-state index in [-0.39, 0.29) is 0 Å². The van der Waals surface area contributed by atoms with Crippen LogP contribution in [-0.4, -0.2) is 9.13 Å². The summed E-state index contributed by atoms with van der Waals surface area (Å²) >= 11 is 0. The Morgan fingerprint density at radius 1 is 0.457 bits per heavy atom. The second-order valence-electron chi connectivity index (χ2n) is 12.4. The van der Waals surface area contributed by atoms with Crippen LogP contribution >= 0.6 is 0 Å². The molecule has 0 unspecified atom stereocenters. The SMILES string of the molecule is Cc1ccc2c(c1)c1cc(C)ccc1n2-c1cc(-n2c3ccc(C)cc3c3cc(C)ccc32)c(-c2cccc(C#N)c2)cc1C#N. The van der Waals surface area contributed by atoms with Gasteiger partial charge in [-0.15, -0.1) is 0 Å². The quantitative estimate of drug-likeness (QED) is 0.206. The minimum atomic E-state index is 0.563. The largest absolute Gasteiger partial charge is 0.309 e. The summed E-state index contributed by atoms with van der Waals surface area (Å²) in [6.45, 7) is 8.49. The monoisotopic (exact) mass is 590 g/mol. The fourth-order valence-corrected chi connectivity index (χ4v) is 7.05. The van der Waals surface area contributed by atoms with E-state index in [1.54, 1.807) is 0 Å². The molecule has 4 nitrogen and oxygen atoms in total. The van der Waals surface area contributed by atoms with Gasteiger partial charge in [0, 0.05) is 27.1 Å². The van der Waals surface area contributed by atoms with Crippen LogP contribution in [0.3, 0.4) is 0 Å². The Kier molecular flexibility index (Phi) is 6.11. The van der Waals surface area contributed by atoms with E-state index in [2.05, 4.69) is 128 Å². The molecule has 0 saturated heterocycles. The minimum absolute atomic E-state index is 0.563. The Bertz CT molecular complexity index is 2530. The molecule has 0 aliphatic rings. The Morgan fingerprint density at radius 2 is 0.913 bits per heavy atom. The lowest BCUT2D eigenvalue weighted by atomic mass is 9.97. The summed E-state index contributed by atoms with van der Waals surface area (Å²) in [4.78, 5) is 0. The first-order valence-electron chi connectivity index (χ1n) is 15.5. The smallest absolute Gasteiger partial charge is 0.101 e. The topological polar surface area (TPSA) is 57.4 Å². The molecule has 0 N–H and O–H groups in total. The molecule has 2 aromatic heterocycles. The van der Waals surface area contributed by atoms with Gasteiger partial charge in [-0.25, -0.2) is 0 Å². The van der Waals surface area contributed by atoms with Crippen molar-refractivity contribution in [2.75, 3.05) is 0 Å². The Hall–Kier alpha value is -6.10. The average Bonchev–Trinajstić information content (AvgIpc) is 3.55. The number of fused-ring (bicyclic) bond motifs is 6. The molecule has 46 heavy (non-hydrogen) atoms. The zero-order chi connectivity index (χ0) is 31.7. The maximum Gasteiger partial charge on any atom is 0.101 e. The molecule has 4 heteroatoms. The first-order chi connectivity index (χ1) is 22.3. The number of hydrogen-bond acceptors (Lipinski definition) is 2. The van der Waals surface area contributed by atoms with Crippen LogP contribution in [0.5, 0.6) is 0 Å². The highest BCUT2D eigenvalue weighted by atomic mass is 15.0. The molecule has 218 valence electrons. The summed E-state index contributed by atoms with van der Waals surface area (Å²) in [5.74, 6) is 0. The number of aryl methyl sites for hydroxylation is 4. The van der Waals surface area contributed by atoms with E-state index in [1.165, 1.54) is 33.0 Å². The Balaban J connectivity index is 1.56. The van der Waals surface area contributed by atoms with Crippen LogP contribution in [0.1, 0.15) is 33.4 Å². The predicted molar refractivity (Wildman–Crippen MR) is 189 cm³/mol. The zero-order valence-electron chi connectivity index (χ0n) is 26.2. The summed E-state index contributed by atoms with van der Waals surface area (Å²) in [5.41, 5.74) is 13.8. The van der Waals surface area contributed by atoms with Gasteiger partial charge < -0.3 is 9.13 Å². The van der Waals surface area contributed by atoms with Crippen LogP contribution in [0.15, 0.2) is 109 Å². The lowest BCUT2D eigenvalue weighted by Gasteiger charge is -2.19. The van der Waals surface area contributed by atoms with E-state index in [0.29, 0.717) is 11.1 Å². The van der Waals surface area contributed by atoms with Gasteiger partial charge in [-0.3, -0.25) is 0 Å². The van der Waals surface area contributed by atoms with Gasteiger partial charge in [0.25, 0.3) is 0 Å². The highest BCUT2D eigenvalue weighted by Crippen LogP contribution is 2.41. The standard InChI is InChI=1S/C42H30N4/c1-25-8-12-37-33(16-25)34-17-26(2)9-13-38(34)45(37)41-22-42(32(21-31(41)24-44)30-7-5-6-29(20-30)23-43)46-39-14-10-27(3)18-35(39)36-19-28(4)11-15-40(36)46/h5-22H,1-4H3. The van der Waals surface area contributed by atoms with Crippen LogP contribution < -0.4 is 0 Å². The van der Waals surface area contributed by atoms with Gasteiger partial charge >= 0.3 is 0 Å². The molecule has 8 rings (SSSR count). The molecule has 0 radical (unpaired) electrons.